The minimum Gasteiger partial charge on any atom is -0.371 e. The Bertz CT molecular complexity index is 634. The van der Waals surface area contributed by atoms with Crippen molar-refractivity contribution in [2.75, 3.05) is 16.8 Å². The number of nitrogens with one attached hydrogen (secondary N) is 1. The van der Waals surface area contributed by atoms with Crippen LogP contribution in [0, 0.1) is 0 Å². The number of aromatic nitrogens is 2. The number of amides is 1. The lowest BCUT2D eigenvalue weighted by molar-refractivity contribution is -0.118. The summed E-state index contributed by atoms with van der Waals surface area (Å²) in [5.74, 6) is 0.0961. The lowest BCUT2D eigenvalue weighted by Gasteiger charge is -2.22. The molecule has 0 spiro atoms. The van der Waals surface area contributed by atoms with Crippen LogP contribution in [0.5, 0.6) is 0 Å². The van der Waals surface area contributed by atoms with Crippen LogP contribution in [-0.4, -0.2) is 28.3 Å². The highest BCUT2D eigenvalue weighted by molar-refractivity contribution is 6.00. The molecule has 20 heavy (non-hydrogen) atoms. The Morgan fingerprint density at radius 3 is 2.95 bits per heavy atom. The van der Waals surface area contributed by atoms with Gasteiger partial charge in [-0.2, -0.15) is 5.10 Å². The highest BCUT2D eigenvalue weighted by atomic mass is 16.2. The maximum atomic E-state index is 12.6. The van der Waals surface area contributed by atoms with Crippen LogP contribution in [0.25, 0.3) is 0 Å². The average molecular weight is 270 g/mol. The molecular weight excluding hydrogens is 252 g/mol. The van der Waals surface area contributed by atoms with Gasteiger partial charge in [0.1, 0.15) is 6.04 Å². The smallest absolute Gasteiger partial charge is 0.249 e. The van der Waals surface area contributed by atoms with Crippen LogP contribution in [0.3, 0.4) is 0 Å². The van der Waals surface area contributed by atoms with E-state index >= 15 is 0 Å². The molecule has 1 aliphatic rings. The van der Waals surface area contributed by atoms with Gasteiger partial charge in [0, 0.05) is 25.5 Å². The summed E-state index contributed by atoms with van der Waals surface area (Å²) in [6.07, 6.45) is 4.52. The summed E-state index contributed by atoms with van der Waals surface area (Å²) < 4.78 is 1.71. The van der Waals surface area contributed by atoms with Crippen molar-refractivity contribution in [3.05, 3.63) is 42.2 Å². The molecule has 104 valence electrons. The summed E-state index contributed by atoms with van der Waals surface area (Å²) in [5, 5.41) is 7.29. The van der Waals surface area contributed by atoms with Crippen molar-refractivity contribution >= 4 is 17.3 Å². The molecule has 1 N–H and O–H groups in total. The number of fused-ring (bicyclic) bond motifs is 1. The summed E-state index contributed by atoms with van der Waals surface area (Å²) >= 11 is 0. The van der Waals surface area contributed by atoms with Crippen LogP contribution < -0.4 is 10.2 Å². The summed E-state index contributed by atoms with van der Waals surface area (Å²) in [6.45, 7) is 2.65. The first-order valence-electron chi connectivity index (χ1n) is 6.79. The Morgan fingerprint density at radius 2 is 2.20 bits per heavy atom. The summed E-state index contributed by atoms with van der Waals surface area (Å²) in [4.78, 5) is 14.4. The third kappa shape index (κ3) is 2.27. The third-order valence-corrected chi connectivity index (χ3v) is 3.61. The Kier molecular flexibility index (Phi) is 3.18. The molecule has 0 aliphatic carbocycles. The van der Waals surface area contributed by atoms with E-state index < -0.39 is 0 Å². The monoisotopic (exact) mass is 270 g/mol. The van der Waals surface area contributed by atoms with Gasteiger partial charge < -0.3 is 10.2 Å². The summed E-state index contributed by atoms with van der Waals surface area (Å²) in [7, 11) is 1.86. The lowest BCUT2D eigenvalue weighted by atomic mass is 10.2. The molecule has 5 nitrogen and oxygen atoms in total. The van der Waals surface area contributed by atoms with Gasteiger partial charge in [-0.05, 0) is 25.0 Å². The van der Waals surface area contributed by atoms with Gasteiger partial charge in [0.05, 0.1) is 11.9 Å². The quantitative estimate of drug-likeness (QED) is 0.925. The van der Waals surface area contributed by atoms with Gasteiger partial charge >= 0.3 is 0 Å². The molecule has 1 unspecified atom stereocenters. The van der Waals surface area contributed by atoms with Crippen molar-refractivity contribution in [3.63, 3.8) is 0 Å². The first kappa shape index (κ1) is 12.7. The van der Waals surface area contributed by atoms with Crippen molar-refractivity contribution in [1.82, 2.24) is 9.78 Å². The highest BCUT2D eigenvalue weighted by Crippen LogP contribution is 2.28. The Morgan fingerprint density at radius 1 is 1.40 bits per heavy atom. The summed E-state index contributed by atoms with van der Waals surface area (Å²) in [5.41, 5.74) is 3.15. The minimum absolute atomic E-state index is 0.0961. The molecule has 5 heteroatoms. The number of para-hydroxylation sites is 1. The number of benzene rings is 1. The van der Waals surface area contributed by atoms with Gasteiger partial charge in [-0.1, -0.05) is 18.2 Å². The van der Waals surface area contributed by atoms with Crippen LogP contribution in [0.15, 0.2) is 36.7 Å². The molecule has 1 aliphatic heterocycles. The number of aryl methyl sites for hydroxylation is 1. The van der Waals surface area contributed by atoms with Crippen LogP contribution in [0.2, 0.25) is 0 Å². The van der Waals surface area contributed by atoms with Crippen molar-refractivity contribution in [3.8, 4) is 0 Å². The Labute approximate surface area is 118 Å². The molecule has 1 atom stereocenters. The van der Waals surface area contributed by atoms with E-state index in [4.69, 9.17) is 0 Å². The van der Waals surface area contributed by atoms with Crippen LogP contribution in [0.1, 0.15) is 12.5 Å². The van der Waals surface area contributed by atoms with Gasteiger partial charge in [0.25, 0.3) is 0 Å². The molecule has 0 saturated heterocycles. The lowest BCUT2D eigenvalue weighted by Crippen LogP contribution is -2.40. The van der Waals surface area contributed by atoms with Crippen molar-refractivity contribution in [2.45, 2.75) is 19.4 Å². The van der Waals surface area contributed by atoms with Crippen LogP contribution in [0.4, 0.5) is 11.4 Å². The predicted octanol–water partition coefficient (Wildman–Crippen LogP) is 1.81. The molecule has 1 amide bonds. The van der Waals surface area contributed by atoms with Crippen molar-refractivity contribution in [1.29, 1.82) is 0 Å². The second-order valence-electron chi connectivity index (χ2n) is 5.14. The topological polar surface area (TPSA) is 50.2 Å². The number of carbonyl (C=O) groups is 1. The van der Waals surface area contributed by atoms with Gasteiger partial charge in [-0.3, -0.25) is 9.48 Å². The van der Waals surface area contributed by atoms with E-state index in [0.717, 1.165) is 24.3 Å². The van der Waals surface area contributed by atoms with E-state index in [9.17, 15) is 4.79 Å². The molecule has 1 aromatic carbocycles. The van der Waals surface area contributed by atoms with Crippen LogP contribution in [-0.2, 0) is 18.3 Å². The maximum absolute atomic E-state index is 12.6. The molecule has 2 heterocycles. The molecule has 0 fully saturated rings. The Balaban J connectivity index is 1.73. The van der Waals surface area contributed by atoms with E-state index in [1.54, 1.807) is 10.9 Å². The van der Waals surface area contributed by atoms with Gasteiger partial charge in [0.15, 0.2) is 0 Å². The number of nitrogens with zero attached hydrogens (tertiary/aromatic N) is 3. The summed E-state index contributed by atoms with van der Waals surface area (Å²) in [6, 6.07) is 7.82. The minimum atomic E-state index is -0.273. The van der Waals surface area contributed by atoms with E-state index in [1.807, 2.05) is 43.3 Å². The first-order chi connectivity index (χ1) is 9.65. The fraction of sp³-hybridized carbons (Fsp3) is 0.333. The zero-order valence-electron chi connectivity index (χ0n) is 11.7. The van der Waals surface area contributed by atoms with Gasteiger partial charge in [-0.15, -0.1) is 0 Å². The molecule has 1 aromatic heterocycles. The van der Waals surface area contributed by atoms with Crippen molar-refractivity contribution in [2.24, 2.45) is 7.05 Å². The normalized spacial score (nSPS) is 15.0. The van der Waals surface area contributed by atoms with E-state index in [0.29, 0.717) is 0 Å². The zero-order chi connectivity index (χ0) is 14.1. The molecule has 0 radical (unpaired) electrons. The number of anilines is 2. The molecular formula is C15H18N4O. The largest absolute Gasteiger partial charge is 0.371 e. The van der Waals surface area contributed by atoms with Gasteiger partial charge in [-0.25, -0.2) is 0 Å². The number of hydrogen-bond donors (Lipinski definition) is 1. The van der Waals surface area contributed by atoms with E-state index in [2.05, 4.69) is 16.5 Å². The third-order valence-electron chi connectivity index (χ3n) is 3.61. The van der Waals surface area contributed by atoms with E-state index in [-0.39, 0.29) is 11.9 Å². The number of hydrogen-bond acceptors (Lipinski definition) is 3. The number of rotatable bonds is 3. The highest BCUT2D eigenvalue weighted by Gasteiger charge is 2.27. The first-order valence-corrected chi connectivity index (χ1v) is 6.79. The number of carbonyl (C=O) groups excluding carboxylic acids is 1. The standard InChI is InChI=1S/C15H18N4O/c1-11(17-13-9-16-18(2)10-13)15(20)19-8-7-12-5-3-4-6-14(12)19/h3-6,9-11,17H,7-8H2,1-2H3. The molecule has 0 saturated carbocycles. The Hall–Kier alpha value is -2.30. The maximum Gasteiger partial charge on any atom is 0.249 e. The predicted molar refractivity (Wildman–Crippen MR) is 78.8 cm³/mol. The fourth-order valence-corrected chi connectivity index (χ4v) is 2.61. The van der Waals surface area contributed by atoms with Crippen LogP contribution >= 0.6 is 0 Å². The second kappa shape index (κ2) is 5.00. The second-order valence-corrected chi connectivity index (χ2v) is 5.14. The van der Waals surface area contributed by atoms with Gasteiger partial charge in [0.2, 0.25) is 5.91 Å². The van der Waals surface area contributed by atoms with E-state index in [1.165, 1.54) is 5.56 Å². The zero-order valence-corrected chi connectivity index (χ0v) is 11.7. The molecule has 2 aromatic rings. The average Bonchev–Trinajstić information content (AvgIpc) is 3.04. The SMILES string of the molecule is CC(Nc1cnn(C)c1)C(=O)N1CCc2ccccc21. The molecule has 3 rings (SSSR count). The molecule has 0 bridgehead atoms. The fourth-order valence-electron chi connectivity index (χ4n) is 2.61. The van der Waals surface area contributed by atoms with Crippen molar-refractivity contribution < 1.29 is 4.79 Å².